The molecule has 0 fully saturated rings. The Hall–Kier alpha value is -1.15. The van der Waals surface area contributed by atoms with Crippen molar-refractivity contribution < 1.29 is 4.79 Å². The fourth-order valence-corrected chi connectivity index (χ4v) is 1.65. The molecule has 2 nitrogen and oxygen atoms in total. The second-order valence-electron chi connectivity index (χ2n) is 4.24. The van der Waals surface area contributed by atoms with E-state index in [9.17, 15) is 4.79 Å². The maximum atomic E-state index is 10.7. The lowest BCUT2D eigenvalue weighted by atomic mass is 10.00. The zero-order valence-corrected chi connectivity index (χ0v) is 9.66. The normalized spacial score (nSPS) is 12.8. The van der Waals surface area contributed by atoms with Crippen LogP contribution in [0.1, 0.15) is 31.0 Å². The van der Waals surface area contributed by atoms with E-state index in [1.165, 1.54) is 5.56 Å². The average molecular weight is 205 g/mol. The maximum absolute atomic E-state index is 10.7. The standard InChI is InChI=1S/C13H19NO/c1-10(2)8-11-4-6-12(7-5-11)13(9-15)14-3/h4-7,9-10,13-14H,8H2,1-3H3. The molecule has 1 rings (SSSR count). The van der Waals surface area contributed by atoms with Crippen LogP contribution in [-0.2, 0) is 11.2 Å². The summed E-state index contributed by atoms with van der Waals surface area (Å²) in [6.45, 7) is 4.41. The maximum Gasteiger partial charge on any atom is 0.141 e. The number of rotatable bonds is 5. The van der Waals surface area contributed by atoms with Crippen LogP contribution in [0.15, 0.2) is 24.3 Å². The lowest BCUT2D eigenvalue weighted by Gasteiger charge is -2.10. The van der Waals surface area contributed by atoms with Crippen molar-refractivity contribution in [2.24, 2.45) is 5.92 Å². The topological polar surface area (TPSA) is 29.1 Å². The minimum atomic E-state index is -0.182. The number of carbonyl (C=O) groups excluding carboxylic acids is 1. The van der Waals surface area contributed by atoms with Crippen LogP contribution in [0, 0.1) is 5.92 Å². The van der Waals surface area contributed by atoms with Gasteiger partial charge in [0.2, 0.25) is 0 Å². The molecule has 0 aliphatic heterocycles. The molecular formula is C13H19NO. The summed E-state index contributed by atoms with van der Waals surface area (Å²) in [5.74, 6) is 0.669. The quantitative estimate of drug-likeness (QED) is 0.748. The third-order valence-corrected chi connectivity index (χ3v) is 2.43. The first-order chi connectivity index (χ1) is 7.17. The molecule has 0 aliphatic carbocycles. The molecule has 1 unspecified atom stereocenters. The lowest BCUT2D eigenvalue weighted by molar-refractivity contribution is -0.109. The fourth-order valence-electron chi connectivity index (χ4n) is 1.65. The highest BCUT2D eigenvalue weighted by molar-refractivity contribution is 5.61. The molecule has 2 heteroatoms. The smallest absolute Gasteiger partial charge is 0.141 e. The lowest BCUT2D eigenvalue weighted by Crippen LogP contribution is -2.17. The molecule has 0 heterocycles. The predicted molar refractivity (Wildman–Crippen MR) is 62.8 cm³/mol. The molecule has 0 aromatic heterocycles. The van der Waals surface area contributed by atoms with Crippen molar-refractivity contribution in [3.63, 3.8) is 0 Å². The van der Waals surface area contributed by atoms with Crippen LogP contribution in [0.2, 0.25) is 0 Å². The number of aldehydes is 1. The van der Waals surface area contributed by atoms with Gasteiger partial charge in [0.1, 0.15) is 6.29 Å². The van der Waals surface area contributed by atoms with E-state index in [1.54, 1.807) is 7.05 Å². The Kier molecular flexibility index (Phi) is 4.50. The summed E-state index contributed by atoms with van der Waals surface area (Å²) >= 11 is 0. The van der Waals surface area contributed by atoms with Gasteiger partial charge in [-0.1, -0.05) is 38.1 Å². The van der Waals surface area contributed by atoms with Gasteiger partial charge in [-0.15, -0.1) is 0 Å². The third kappa shape index (κ3) is 3.48. The Morgan fingerprint density at radius 2 is 1.87 bits per heavy atom. The molecule has 1 aromatic carbocycles. The molecular weight excluding hydrogens is 186 g/mol. The van der Waals surface area contributed by atoms with Crippen molar-refractivity contribution in [3.05, 3.63) is 35.4 Å². The average Bonchev–Trinajstić information content (AvgIpc) is 2.21. The Labute approximate surface area is 91.7 Å². The second-order valence-corrected chi connectivity index (χ2v) is 4.24. The summed E-state index contributed by atoms with van der Waals surface area (Å²) in [5, 5.41) is 2.96. The van der Waals surface area contributed by atoms with Gasteiger partial charge in [-0.05, 0) is 30.5 Å². The van der Waals surface area contributed by atoms with Crippen LogP contribution in [0.3, 0.4) is 0 Å². The molecule has 1 atom stereocenters. The van der Waals surface area contributed by atoms with Crippen molar-refractivity contribution in [1.29, 1.82) is 0 Å². The van der Waals surface area contributed by atoms with Gasteiger partial charge < -0.3 is 10.1 Å². The first-order valence-corrected chi connectivity index (χ1v) is 5.38. The highest BCUT2D eigenvalue weighted by Gasteiger charge is 2.06. The van der Waals surface area contributed by atoms with Crippen molar-refractivity contribution in [1.82, 2.24) is 5.32 Å². The zero-order valence-electron chi connectivity index (χ0n) is 9.66. The second kappa shape index (κ2) is 5.66. The van der Waals surface area contributed by atoms with Gasteiger partial charge in [-0.2, -0.15) is 0 Å². The van der Waals surface area contributed by atoms with Gasteiger partial charge in [0, 0.05) is 0 Å². The summed E-state index contributed by atoms with van der Waals surface area (Å²) in [6.07, 6.45) is 2.02. The summed E-state index contributed by atoms with van der Waals surface area (Å²) in [7, 11) is 1.79. The number of nitrogens with one attached hydrogen (secondary N) is 1. The molecule has 0 amide bonds. The first-order valence-electron chi connectivity index (χ1n) is 5.38. The van der Waals surface area contributed by atoms with Crippen molar-refractivity contribution in [2.75, 3.05) is 7.05 Å². The summed E-state index contributed by atoms with van der Waals surface area (Å²) < 4.78 is 0. The van der Waals surface area contributed by atoms with Crippen molar-refractivity contribution >= 4 is 6.29 Å². The van der Waals surface area contributed by atoms with Crippen LogP contribution >= 0.6 is 0 Å². The molecule has 0 aliphatic rings. The molecule has 0 radical (unpaired) electrons. The van der Waals surface area contributed by atoms with Gasteiger partial charge >= 0.3 is 0 Å². The molecule has 0 bridgehead atoms. The van der Waals surface area contributed by atoms with E-state index in [4.69, 9.17) is 0 Å². The molecule has 15 heavy (non-hydrogen) atoms. The predicted octanol–water partition coefficient (Wildman–Crippen LogP) is 2.34. The van der Waals surface area contributed by atoms with E-state index in [1.807, 2.05) is 12.1 Å². The van der Waals surface area contributed by atoms with Gasteiger partial charge in [0.15, 0.2) is 0 Å². The van der Waals surface area contributed by atoms with Gasteiger partial charge in [-0.3, -0.25) is 0 Å². The van der Waals surface area contributed by atoms with E-state index < -0.39 is 0 Å². The molecule has 0 saturated heterocycles. The summed E-state index contributed by atoms with van der Waals surface area (Å²) in [4.78, 5) is 10.7. The number of likely N-dealkylation sites (N-methyl/N-ethyl adjacent to an activating group) is 1. The SMILES string of the molecule is CNC(C=O)c1ccc(CC(C)C)cc1. The largest absolute Gasteiger partial charge is 0.307 e. The van der Waals surface area contributed by atoms with E-state index in [2.05, 4.69) is 31.3 Å². The molecule has 0 spiro atoms. The first kappa shape index (κ1) is 11.9. The molecule has 1 aromatic rings. The number of hydrogen-bond donors (Lipinski definition) is 1. The molecule has 0 saturated carbocycles. The van der Waals surface area contributed by atoms with E-state index >= 15 is 0 Å². The van der Waals surface area contributed by atoms with E-state index in [0.717, 1.165) is 18.3 Å². The number of carbonyl (C=O) groups is 1. The summed E-state index contributed by atoms with van der Waals surface area (Å²) in [6, 6.07) is 8.06. The van der Waals surface area contributed by atoms with E-state index in [-0.39, 0.29) is 6.04 Å². The Morgan fingerprint density at radius 3 is 2.27 bits per heavy atom. The minimum absolute atomic E-state index is 0.182. The Balaban J connectivity index is 2.75. The van der Waals surface area contributed by atoms with Crippen molar-refractivity contribution in [3.8, 4) is 0 Å². The van der Waals surface area contributed by atoms with Crippen LogP contribution in [0.4, 0.5) is 0 Å². The van der Waals surface area contributed by atoms with Crippen LogP contribution < -0.4 is 5.32 Å². The highest BCUT2D eigenvalue weighted by atomic mass is 16.1. The monoisotopic (exact) mass is 205 g/mol. The highest BCUT2D eigenvalue weighted by Crippen LogP contribution is 2.14. The minimum Gasteiger partial charge on any atom is -0.307 e. The van der Waals surface area contributed by atoms with Gasteiger partial charge in [-0.25, -0.2) is 0 Å². The zero-order chi connectivity index (χ0) is 11.3. The Morgan fingerprint density at radius 1 is 1.27 bits per heavy atom. The fraction of sp³-hybridized carbons (Fsp3) is 0.462. The van der Waals surface area contributed by atoms with Crippen LogP contribution in [-0.4, -0.2) is 13.3 Å². The van der Waals surface area contributed by atoms with Crippen molar-refractivity contribution in [2.45, 2.75) is 26.3 Å². The summed E-state index contributed by atoms with van der Waals surface area (Å²) in [5.41, 5.74) is 2.36. The van der Waals surface area contributed by atoms with Gasteiger partial charge in [0.25, 0.3) is 0 Å². The van der Waals surface area contributed by atoms with Crippen LogP contribution in [0.5, 0.6) is 0 Å². The molecule has 82 valence electrons. The number of hydrogen-bond acceptors (Lipinski definition) is 2. The van der Waals surface area contributed by atoms with Crippen LogP contribution in [0.25, 0.3) is 0 Å². The van der Waals surface area contributed by atoms with E-state index in [0.29, 0.717) is 5.92 Å². The number of benzene rings is 1. The van der Waals surface area contributed by atoms with Gasteiger partial charge in [0.05, 0.1) is 6.04 Å². The Bertz CT molecular complexity index is 303. The molecule has 1 N–H and O–H groups in total. The third-order valence-electron chi connectivity index (χ3n) is 2.43.